The zero-order valence-electron chi connectivity index (χ0n) is 11.4. The molecular weight excluding hydrogens is 238 g/mol. The molecule has 2 rings (SSSR count). The molecule has 0 radical (unpaired) electrons. The van der Waals surface area contributed by atoms with E-state index in [0.717, 1.165) is 31.7 Å². The molecule has 1 unspecified atom stereocenters. The maximum atomic E-state index is 8.79. The SMILES string of the molecule is CN(Cc1ccccc1C#CCO)CC1CCCO1. The van der Waals surface area contributed by atoms with Crippen molar-refractivity contribution in [1.29, 1.82) is 0 Å². The molecule has 19 heavy (non-hydrogen) atoms. The van der Waals surface area contributed by atoms with Crippen molar-refractivity contribution in [2.45, 2.75) is 25.5 Å². The molecule has 1 aliphatic rings. The Hall–Kier alpha value is -1.34. The van der Waals surface area contributed by atoms with Crippen molar-refractivity contribution in [1.82, 2.24) is 4.90 Å². The van der Waals surface area contributed by atoms with E-state index in [9.17, 15) is 0 Å². The van der Waals surface area contributed by atoms with Gasteiger partial charge in [-0.05, 0) is 31.5 Å². The first-order valence-electron chi connectivity index (χ1n) is 6.77. The third-order valence-corrected chi connectivity index (χ3v) is 3.30. The molecule has 1 atom stereocenters. The van der Waals surface area contributed by atoms with Crippen molar-refractivity contribution in [3.8, 4) is 11.8 Å². The smallest absolute Gasteiger partial charge is 0.104 e. The van der Waals surface area contributed by atoms with Crippen LogP contribution in [-0.4, -0.2) is 42.9 Å². The fourth-order valence-electron chi connectivity index (χ4n) is 2.41. The topological polar surface area (TPSA) is 32.7 Å². The minimum atomic E-state index is -0.0971. The molecule has 0 spiro atoms. The molecule has 1 aromatic carbocycles. The van der Waals surface area contributed by atoms with Crippen molar-refractivity contribution in [2.24, 2.45) is 0 Å². The molecule has 102 valence electrons. The molecule has 0 amide bonds. The van der Waals surface area contributed by atoms with Gasteiger partial charge in [0.15, 0.2) is 0 Å². The quantitative estimate of drug-likeness (QED) is 0.834. The van der Waals surface area contributed by atoms with Crippen LogP contribution in [0.15, 0.2) is 24.3 Å². The Morgan fingerprint density at radius 1 is 1.42 bits per heavy atom. The summed E-state index contributed by atoms with van der Waals surface area (Å²) in [5.74, 6) is 5.72. The number of ether oxygens (including phenoxy) is 1. The van der Waals surface area contributed by atoms with Gasteiger partial charge in [-0.1, -0.05) is 30.0 Å². The van der Waals surface area contributed by atoms with Crippen LogP contribution in [0, 0.1) is 11.8 Å². The number of nitrogens with zero attached hydrogens (tertiary/aromatic N) is 1. The van der Waals surface area contributed by atoms with Gasteiger partial charge in [-0.15, -0.1) is 0 Å². The second kappa shape index (κ2) is 7.30. The Labute approximate surface area is 115 Å². The van der Waals surface area contributed by atoms with E-state index in [1.807, 2.05) is 18.2 Å². The Morgan fingerprint density at radius 3 is 3.00 bits per heavy atom. The number of aliphatic hydroxyl groups excluding tert-OH is 1. The monoisotopic (exact) mass is 259 g/mol. The highest BCUT2D eigenvalue weighted by molar-refractivity contribution is 5.41. The largest absolute Gasteiger partial charge is 0.384 e. The van der Waals surface area contributed by atoms with Gasteiger partial charge in [0.25, 0.3) is 0 Å². The predicted molar refractivity (Wildman–Crippen MR) is 75.7 cm³/mol. The highest BCUT2D eigenvalue weighted by Gasteiger charge is 2.17. The second-order valence-corrected chi connectivity index (χ2v) is 4.95. The number of likely N-dealkylation sites (N-methyl/N-ethyl adjacent to an activating group) is 1. The van der Waals surface area contributed by atoms with Crippen molar-refractivity contribution in [2.75, 3.05) is 26.8 Å². The number of aliphatic hydroxyl groups is 1. The number of hydrogen-bond donors (Lipinski definition) is 1. The van der Waals surface area contributed by atoms with E-state index in [2.05, 4.69) is 29.9 Å². The zero-order chi connectivity index (χ0) is 13.5. The molecule has 3 heteroatoms. The predicted octanol–water partition coefficient (Wildman–Crippen LogP) is 1.64. The molecule has 0 bridgehead atoms. The molecule has 0 aliphatic carbocycles. The molecule has 0 saturated carbocycles. The van der Waals surface area contributed by atoms with Crippen LogP contribution in [0.5, 0.6) is 0 Å². The third kappa shape index (κ3) is 4.36. The standard InChI is InChI=1S/C16H21NO2/c1-17(13-16-9-5-11-19-16)12-15-7-3-2-6-14(15)8-4-10-18/h2-3,6-7,16,18H,5,9-13H2,1H3. The second-order valence-electron chi connectivity index (χ2n) is 4.95. The lowest BCUT2D eigenvalue weighted by Gasteiger charge is -2.21. The van der Waals surface area contributed by atoms with Crippen LogP contribution >= 0.6 is 0 Å². The maximum Gasteiger partial charge on any atom is 0.104 e. The van der Waals surface area contributed by atoms with Crippen molar-refractivity contribution < 1.29 is 9.84 Å². The molecule has 1 fully saturated rings. The minimum Gasteiger partial charge on any atom is -0.384 e. The molecule has 1 aromatic rings. The normalized spacial score (nSPS) is 18.4. The van der Waals surface area contributed by atoms with Crippen LogP contribution < -0.4 is 0 Å². The first kappa shape index (κ1) is 14.1. The maximum absolute atomic E-state index is 8.79. The van der Waals surface area contributed by atoms with Gasteiger partial charge in [-0.2, -0.15) is 0 Å². The summed E-state index contributed by atoms with van der Waals surface area (Å²) >= 11 is 0. The lowest BCUT2D eigenvalue weighted by Crippen LogP contribution is -2.28. The van der Waals surface area contributed by atoms with Crippen molar-refractivity contribution in [3.05, 3.63) is 35.4 Å². The summed E-state index contributed by atoms with van der Waals surface area (Å²) in [4.78, 5) is 2.27. The van der Waals surface area contributed by atoms with E-state index < -0.39 is 0 Å². The van der Waals surface area contributed by atoms with Crippen LogP contribution in [0.3, 0.4) is 0 Å². The summed E-state index contributed by atoms with van der Waals surface area (Å²) in [5.41, 5.74) is 2.19. The van der Waals surface area contributed by atoms with Gasteiger partial charge in [0.2, 0.25) is 0 Å². The fraction of sp³-hybridized carbons (Fsp3) is 0.500. The summed E-state index contributed by atoms with van der Waals surface area (Å²) in [5, 5.41) is 8.79. The van der Waals surface area contributed by atoms with Gasteiger partial charge in [0, 0.05) is 25.3 Å². The van der Waals surface area contributed by atoms with Crippen LogP contribution in [0.2, 0.25) is 0 Å². The number of rotatable bonds is 4. The summed E-state index contributed by atoms with van der Waals surface area (Å²) in [6.45, 7) is 2.62. The third-order valence-electron chi connectivity index (χ3n) is 3.30. The van der Waals surface area contributed by atoms with E-state index in [0.29, 0.717) is 6.10 Å². The Kier molecular flexibility index (Phi) is 5.41. The highest BCUT2D eigenvalue weighted by Crippen LogP contribution is 2.15. The molecular formula is C16H21NO2. The summed E-state index contributed by atoms with van der Waals surface area (Å²) < 4.78 is 5.65. The summed E-state index contributed by atoms with van der Waals surface area (Å²) in [6.07, 6.45) is 2.72. The molecule has 1 saturated heterocycles. The van der Waals surface area contributed by atoms with Crippen LogP contribution in [0.1, 0.15) is 24.0 Å². The van der Waals surface area contributed by atoms with Crippen LogP contribution in [0.4, 0.5) is 0 Å². The number of hydrogen-bond acceptors (Lipinski definition) is 3. The van der Waals surface area contributed by atoms with Gasteiger partial charge in [-0.25, -0.2) is 0 Å². The number of benzene rings is 1. The molecule has 3 nitrogen and oxygen atoms in total. The molecule has 1 N–H and O–H groups in total. The van der Waals surface area contributed by atoms with E-state index in [1.165, 1.54) is 12.0 Å². The fourth-order valence-corrected chi connectivity index (χ4v) is 2.41. The van der Waals surface area contributed by atoms with Gasteiger partial charge in [-0.3, -0.25) is 4.90 Å². The van der Waals surface area contributed by atoms with E-state index in [4.69, 9.17) is 9.84 Å². The summed E-state index contributed by atoms with van der Waals surface area (Å²) in [6, 6.07) is 8.09. The van der Waals surface area contributed by atoms with E-state index in [1.54, 1.807) is 0 Å². The van der Waals surface area contributed by atoms with Crippen LogP contribution in [-0.2, 0) is 11.3 Å². The zero-order valence-corrected chi connectivity index (χ0v) is 11.4. The molecule has 0 aromatic heterocycles. The van der Waals surface area contributed by atoms with Crippen molar-refractivity contribution >= 4 is 0 Å². The Balaban J connectivity index is 1.97. The summed E-state index contributed by atoms with van der Waals surface area (Å²) in [7, 11) is 2.11. The van der Waals surface area contributed by atoms with E-state index >= 15 is 0 Å². The van der Waals surface area contributed by atoms with Gasteiger partial charge in [0.05, 0.1) is 6.10 Å². The average Bonchev–Trinajstić information content (AvgIpc) is 2.90. The first-order valence-corrected chi connectivity index (χ1v) is 6.77. The Bertz CT molecular complexity index is 455. The molecule has 1 aliphatic heterocycles. The first-order chi connectivity index (χ1) is 9.29. The van der Waals surface area contributed by atoms with E-state index in [-0.39, 0.29) is 6.61 Å². The van der Waals surface area contributed by atoms with Gasteiger partial charge < -0.3 is 9.84 Å². The minimum absolute atomic E-state index is 0.0971. The van der Waals surface area contributed by atoms with Gasteiger partial charge in [0.1, 0.15) is 6.61 Å². The lowest BCUT2D eigenvalue weighted by atomic mass is 10.1. The lowest BCUT2D eigenvalue weighted by molar-refractivity contribution is 0.0793. The highest BCUT2D eigenvalue weighted by atomic mass is 16.5. The van der Waals surface area contributed by atoms with Crippen molar-refractivity contribution in [3.63, 3.8) is 0 Å². The van der Waals surface area contributed by atoms with Crippen LogP contribution in [0.25, 0.3) is 0 Å². The molecule has 1 heterocycles. The van der Waals surface area contributed by atoms with Gasteiger partial charge >= 0.3 is 0 Å². The Morgan fingerprint density at radius 2 is 2.26 bits per heavy atom. The average molecular weight is 259 g/mol.